The molecular weight excluding hydrogens is 240 g/mol. The van der Waals surface area contributed by atoms with Crippen molar-refractivity contribution in [2.75, 3.05) is 6.67 Å². The van der Waals surface area contributed by atoms with E-state index in [1.165, 1.54) is 0 Å². The van der Waals surface area contributed by atoms with Crippen LogP contribution in [0.1, 0.15) is 45.0 Å². The van der Waals surface area contributed by atoms with Gasteiger partial charge in [0, 0.05) is 11.6 Å². The highest BCUT2D eigenvalue weighted by molar-refractivity contribution is 5.94. The third-order valence-corrected chi connectivity index (χ3v) is 2.28. The molecule has 0 unspecified atom stereocenters. The van der Waals surface area contributed by atoms with E-state index in [0.29, 0.717) is 24.0 Å². The van der Waals surface area contributed by atoms with Crippen LogP contribution in [0.5, 0.6) is 5.75 Å². The molecule has 0 aliphatic carbocycles. The van der Waals surface area contributed by atoms with E-state index < -0.39 is 0 Å². The van der Waals surface area contributed by atoms with Crippen molar-refractivity contribution in [3.63, 3.8) is 0 Å². The summed E-state index contributed by atoms with van der Waals surface area (Å²) in [7, 11) is 0. The molecule has 19 heavy (non-hydrogen) atoms. The molecule has 1 aromatic carbocycles. The van der Waals surface area contributed by atoms with Crippen LogP contribution < -0.4 is 15.4 Å². The first-order valence-corrected chi connectivity index (χ1v) is 6.58. The Morgan fingerprint density at radius 1 is 1.32 bits per heavy atom. The molecule has 0 spiro atoms. The Kier molecular flexibility index (Phi) is 5.36. The molecule has 0 aliphatic heterocycles. The van der Waals surface area contributed by atoms with Crippen LogP contribution in [-0.2, 0) is 0 Å². The molecule has 1 aromatic rings. The van der Waals surface area contributed by atoms with E-state index in [9.17, 15) is 4.79 Å². The maximum atomic E-state index is 11.9. The minimum absolute atomic E-state index is 0.104. The molecule has 1 amide bonds. The van der Waals surface area contributed by atoms with Gasteiger partial charge in [-0.2, -0.15) is 0 Å². The first-order chi connectivity index (χ1) is 8.78. The van der Waals surface area contributed by atoms with Crippen LogP contribution in [0.2, 0.25) is 0 Å². The largest absolute Gasteiger partial charge is 0.488 e. The molecule has 0 fully saturated rings. The molecule has 0 saturated carbocycles. The summed E-state index contributed by atoms with van der Waals surface area (Å²) >= 11 is 0. The van der Waals surface area contributed by atoms with Gasteiger partial charge in [0.1, 0.15) is 11.4 Å². The quantitative estimate of drug-likeness (QED) is 0.804. The third-order valence-electron chi connectivity index (χ3n) is 2.28. The van der Waals surface area contributed by atoms with E-state index in [1.807, 2.05) is 46.8 Å². The number of ether oxygens (including phenoxy) is 1. The second kappa shape index (κ2) is 6.57. The van der Waals surface area contributed by atoms with Crippen molar-refractivity contribution in [3.05, 3.63) is 29.8 Å². The van der Waals surface area contributed by atoms with Crippen molar-refractivity contribution in [1.29, 1.82) is 0 Å². The molecule has 1 rings (SSSR count). The Hall–Kier alpha value is -1.55. The van der Waals surface area contributed by atoms with Gasteiger partial charge in [0.2, 0.25) is 0 Å². The SMILES string of the molecule is CC(C)NCNC(=O)c1cccc(OC(C)(C)C)c1. The van der Waals surface area contributed by atoms with Gasteiger partial charge in [-0.1, -0.05) is 6.07 Å². The lowest BCUT2D eigenvalue weighted by molar-refractivity contribution is 0.0946. The number of amides is 1. The maximum absolute atomic E-state index is 11.9. The van der Waals surface area contributed by atoms with E-state index >= 15 is 0 Å². The minimum atomic E-state index is -0.270. The second-order valence-corrected chi connectivity index (χ2v) is 5.78. The van der Waals surface area contributed by atoms with Crippen LogP contribution in [-0.4, -0.2) is 24.2 Å². The van der Waals surface area contributed by atoms with Crippen molar-refractivity contribution < 1.29 is 9.53 Å². The summed E-state index contributed by atoms with van der Waals surface area (Å²) in [5, 5.41) is 5.95. The molecule has 106 valence electrons. The molecule has 0 aliphatic rings. The lowest BCUT2D eigenvalue weighted by atomic mass is 10.1. The molecular formula is C15H24N2O2. The normalized spacial score (nSPS) is 11.5. The summed E-state index contributed by atoms with van der Waals surface area (Å²) < 4.78 is 5.74. The lowest BCUT2D eigenvalue weighted by Gasteiger charge is -2.21. The van der Waals surface area contributed by atoms with Crippen LogP contribution >= 0.6 is 0 Å². The fraction of sp³-hybridized carbons (Fsp3) is 0.533. The number of nitrogens with one attached hydrogen (secondary N) is 2. The van der Waals surface area contributed by atoms with Crippen molar-refractivity contribution in [2.45, 2.75) is 46.3 Å². The molecule has 0 atom stereocenters. The molecule has 0 saturated heterocycles. The number of benzene rings is 1. The smallest absolute Gasteiger partial charge is 0.252 e. The van der Waals surface area contributed by atoms with E-state index in [2.05, 4.69) is 10.6 Å². The first kappa shape index (κ1) is 15.5. The first-order valence-electron chi connectivity index (χ1n) is 6.58. The average molecular weight is 264 g/mol. The van der Waals surface area contributed by atoms with Gasteiger partial charge in [0.25, 0.3) is 5.91 Å². The van der Waals surface area contributed by atoms with Crippen molar-refractivity contribution in [2.24, 2.45) is 0 Å². The van der Waals surface area contributed by atoms with E-state index in [0.717, 1.165) is 0 Å². The molecule has 0 aromatic heterocycles. The fourth-order valence-corrected chi connectivity index (χ4v) is 1.49. The topological polar surface area (TPSA) is 50.4 Å². The van der Waals surface area contributed by atoms with Crippen molar-refractivity contribution >= 4 is 5.91 Å². The van der Waals surface area contributed by atoms with E-state index in [1.54, 1.807) is 12.1 Å². The summed E-state index contributed by atoms with van der Waals surface area (Å²) in [6.07, 6.45) is 0. The molecule has 0 heterocycles. The van der Waals surface area contributed by atoms with Gasteiger partial charge in [-0.15, -0.1) is 0 Å². The maximum Gasteiger partial charge on any atom is 0.252 e. The standard InChI is InChI=1S/C15H24N2O2/c1-11(2)16-10-17-14(18)12-7-6-8-13(9-12)19-15(3,4)5/h6-9,11,16H,10H2,1-5H3,(H,17,18). The molecule has 2 N–H and O–H groups in total. The highest BCUT2D eigenvalue weighted by atomic mass is 16.5. The summed E-state index contributed by atoms with van der Waals surface area (Å²) in [6, 6.07) is 7.56. The molecule has 4 nitrogen and oxygen atoms in total. The zero-order valence-corrected chi connectivity index (χ0v) is 12.4. The van der Waals surface area contributed by atoms with Crippen LogP contribution in [0.3, 0.4) is 0 Å². The Morgan fingerprint density at radius 2 is 2.00 bits per heavy atom. The zero-order valence-electron chi connectivity index (χ0n) is 12.4. The van der Waals surface area contributed by atoms with Crippen LogP contribution in [0.25, 0.3) is 0 Å². The Morgan fingerprint density at radius 3 is 2.58 bits per heavy atom. The van der Waals surface area contributed by atoms with Gasteiger partial charge >= 0.3 is 0 Å². The van der Waals surface area contributed by atoms with E-state index in [4.69, 9.17) is 4.74 Å². The second-order valence-electron chi connectivity index (χ2n) is 5.78. The van der Waals surface area contributed by atoms with Gasteiger partial charge in [-0.25, -0.2) is 0 Å². The third kappa shape index (κ3) is 6.25. The minimum Gasteiger partial charge on any atom is -0.488 e. The number of hydrogen-bond donors (Lipinski definition) is 2. The highest BCUT2D eigenvalue weighted by Crippen LogP contribution is 2.19. The Bertz CT molecular complexity index is 422. The molecule has 4 heteroatoms. The van der Waals surface area contributed by atoms with Crippen molar-refractivity contribution in [1.82, 2.24) is 10.6 Å². The molecule has 0 bridgehead atoms. The number of hydrogen-bond acceptors (Lipinski definition) is 3. The van der Waals surface area contributed by atoms with Crippen LogP contribution in [0.15, 0.2) is 24.3 Å². The molecule has 0 radical (unpaired) electrons. The number of carbonyl (C=O) groups excluding carboxylic acids is 1. The zero-order chi connectivity index (χ0) is 14.5. The van der Waals surface area contributed by atoms with Crippen LogP contribution in [0.4, 0.5) is 0 Å². The lowest BCUT2D eigenvalue weighted by Crippen LogP contribution is -2.37. The summed E-state index contributed by atoms with van der Waals surface area (Å²) in [5.41, 5.74) is 0.334. The van der Waals surface area contributed by atoms with Crippen LogP contribution in [0, 0.1) is 0 Å². The van der Waals surface area contributed by atoms with Gasteiger partial charge in [-0.3, -0.25) is 10.1 Å². The van der Waals surface area contributed by atoms with Gasteiger partial charge in [-0.05, 0) is 52.8 Å². The predicted molar refractivity (Wildman–Crippen MR) is 77.4 cm³/mol. The van der Waals surface area contributed by atoms with Crippen molar-refractivity contribution in [3.8, 4) is 5.75 Å². The average Bonchev–Trinajstić information content (AvgIpc) is 2.26. The fourth-order valence-electron chi connectivity index (χ4n) is 1.49. The van der Waals surface area contributed by atoms with Gasteiger partial charge < -0.3 is 10.1 Å². The van der Waals surface area contributed by atoms with Gasteiger partial charge in [0.05, 0.1) is 6.67 Å². The Labute approximate surface area is 115 Å². The monoisotopic (exact) mass is 264 g/mol. The predicted octanol–water partition coefficient (Wildman–Crippen LogP) is 2.55. The highest BCUT2D eigenvalue weighted by Gasteiger charge is 2.13. The number of carbonyl (C=O) groups is 1. The summed E-state index contributed by atoms with van der Waals surface area (Å²) in [4.78, 5) is 11.9. The summed E-state index contributed by atoms with van der Waals surface area (Å²) in [6.45, 7) is 10.5. The Balaban J connectivity index is 2.63. The van der Waals surface area contributed by atoms with Gasteiger partial charge in [0.15, 0.2) is 0 Å². The van der Waals surface area contributed by atoms with E-state index in [-0.39, 0.29) is 11.5 Å². The summed E-state index contributed by atoms with van der Waals surface area (Å²) in [5.74, 6) is 0.601. The number of rotatable bonds is 5.